The topological polar surface area (TPSA) is 39.4 Å². The molecule has 0 atom stereocenters. The number of aryl methyl sites for hydroxylation is 3. The van der Waals surface area contributed by atoms with Gasteiger partial charge in [0.1, 0.15) is 5.75 Å². The van der Waals surface area contributed by atoms with Crippen LogP contribution in [0.2, 0.25) is 0 Å². The lowest BCUT2D eigenvalue weighted by Crippen LogP contribution is -1.98. The van der Waals surface area contributed by atoms with Gasteiger partial charge in [-0.2, -0.15) is 5.10 Å². The third-order valence-electron chi connectivity index (χ3n) is 3.40. The van der Waals surface area contributed by atoms with Gasteiger partial charge in [0.2, 0.25) is 0 Å². The van der Waals surface area contributed by atoms with Crippen LogP contribution in [0, 0.1) is 6.92 Å². The number of hydrogen-bond acceptors (Lipinski definition) is 3. The standard InChI is InChI=1S/C16H17N3O/c1-12-6-5-9-16-17-15(18-19(12)16)11-10-13-7-3-4-8-14(13)20-2/h3-9H,10-11H2,1-2H3. The molecule has 0 saturated carbocycles. The summed E-state index contributed by atoms with van der Waals surface area (Å²) >= 11 is 0. The lowest BCUT2D eigenvalue weighted by Gasteiger charge is -2.06. The number of pyridine rings is 1. The summed E-state index contributed by atoms with van der Waals surface area (Å²) in [5.74, 6) is 1.79. The summed E-state index contributed by atoms with van der Waals surface area (Å²) in [6, 6.07) is 14.1. The molecule has 0 bridgehead atoms. The maximum atomic E-state index is 5.37. The summed E-state index contributed by atoms with van der Waals surface area (Å²) in [6.07, 6.45) is 1.68. The molecule has 0 amide bonds. The molecule has 0 unspecified atom stereocenters. The van der Waals surface area contributed by atoms with Crippen molar-refractivity contribution in [1.82, 2.24) is 14.6 Å². The van der Waals surface area contributed by atoms with Crippen LogP contribution in [0.4, 0.5) is 0 Å². The van der Waals surface area contributed by atoms with Crippen molar-refractivity contribution in [2.45, 2.75) is 19.8 Å². The van der Waals surface area contributed by atoms with Crippen LogP contribution < -0.4 is 4.74 Å². The van der Waals surface area contributed by atoms with Crippen molar-refractivity contribution < 1.29 is 4.74 Å². The Bertz CT molecular complexity index is 733. The van der Waals surface area contributed by atoms with Gasteiger partial charge in [0.25, 0.3) is 0 Å². The normalized spacial score (nSPS) is 10.9. The van der Waals surface area contributed by atoms with Gasteiger partial charge in [-0.1, -0.05) is 24.3 Å². The molecule has 1 aromatic carbocycles. The Kier molecular flexibility index (Phi) is 3.37. The molecule has 0 fully saturated rings. The molecule has 0 aliphatic heterocycles. The number of nitrogens with zero attached hydrogens (tertiary/aromatic N) is 3. The second kappa shape index (κ2) is 5.33. The van der Waals surface area contributed by atoms with Gasteiger partial charge >= 0.3 is 0 Å². The molecule has 0 radical (unpaired) electrons. The second-order valence-corrected chi connectivity index (χ2v) is 4.78. The summed E-state index contributed by atoms with van der Waals surface area (Å²) in [5, 5.41) is 4.55. The van der Waals surface area contributed by atoms with E-state index in [2.05, 4.69) is 16.1 Å². The van der Waals surface area contributed by atoms with E-state index in [1.807, 2.05) is 47.8 Å². The van der Waals surface area contributed by atoms with Crippen molar-refractivity contribution >= 4 is 5.65 Å². The van der Waals surface area contributed by atoms with Crippen LogP contribution in [-0.2, 0) is 12.8 Å². The Balaban J connectivity index is 1.82. The minimum atomic E-state index is 0.807. The molecule has 0 aliphatic rings. The molecular formula is C16H17N3O. The minimum Gasteiger partial charge on any atom is -0.496 e. The number of rotatable bonds is 4. The average molecular weight is 267 g/mol. The Morgan fingerprint density at radius 1 is 1.05 bits per heavy atom. The first-order chi connectivity index (χ1) is 9.78. The van der Waals surface area contributed by atoms with Crippen LogP contribution in [0.15, 0.2) is 42.5 Å². The van der Waals surface area contributed by atoms with E-state index in [-0.39, 0.29) is 0 Å². The molecule has 3 rings (SSSR count). The van der Waals surface area contributed by atoms with Gasteiger partial charge in [0, 0.05) is 12.1 Å². The largest absolute Gasteiger partial charge is 0.496 e. The maximum Gasteiger partial charge on any atom is 0.155 e. The molecule has 2 heterocycles. The smallest absolute Gasteiger partial charge is 0.155 e. The molecular weight excluding hydrogens is 250 g/mol. The fourth-order valence-corrected chi connectivity index (χ4v) is 2.34. The van der Waals surface area contributed by atoms with Crippen LogP contribution in [-0.4, -0.2) is 21.7 Å². The van der Waals surface area contributed by atoms with Gasteiger partial charge in [-0.15, -0.1) is 0 Å². The molecule has 4 heteroatoms. The third kappa shape index (κ3) is 2.37. The van der Waals surface area contributed by atoms with Crippen LogP contribution in [0.5, 0.6) is 5.75 Å². The molecule has 4 nitrogen and oxygen atoms in total. The first kappa shape index (κ1) is 12.7. The van der Waals surface area contributed by atoms with Crippen molar-refractivity contribution in [2.24, 2.45) is 0 Å². The van der Waals surface area contributed by atoms with E-state index >= 15 is 0 Å². The number of para-hydroxylation sites is 1. The summed E-state index contributed by atoms with van der Waals surface area (Å²) in [4.78, 5) is 4.56. The fourth-order valence-electron chi connectivity index (χ4n) is 2.34. The summed E-state index contributed by atoms with van der Waals surface area (Å²) in [5.41, 5.74) is 3.18. The molecule has 102 valence electrons. The molecule has 0 aliphatic carbocycles. The quantitative estimate of drug-likeness (QED) is 0.729. The highest BCUT2D eigenvalue weighted by Gasteiger charge is 2.07. The van der Waals surface area contributed by atoms with Crippen molar-refractivity contribution in [3.8, 4) is 5.75 Å². The van der Waals surface area contributed by atoms with E-state index in [1.165, 1.54) is 5.56 Å². The van der Waals surface area contributed by atoms with E-state index in [1.54, 1.807) is 7.11 Å². The number of hydrogen-bond donors (Lipinski definition) is 0. The second-order valence-electron chi connectivity index (χ2n) is 4.78. The zero-order valence-corrected chi connectivity index (χ0v) is 11.7. The van der Waals surface area contributed by atoms with Crippen LogP contribution in [0.25, 0.3) is 5.65 Å². The minimum absolute atomic E-state index is 0.807. The van der Waals surface area contributed by atoms with Gasteiger partial charge in [0.05, 0.1) is 7.11 Å². The summed E-state index contributed by atoms with van der Waals surface area (Å²) in [7, 11) is 1.70. The molecule has 0 spiro atoms. The SMILES string of the molecule is COc1ccccc1CCc1nc2cccc(C)n2n1. The Hall–Kier alpha value is -2.36. The summed E-state index contributed by atoms with van der Waals surface area (Å²) < 4.78 is 7.25. The van der Waals surface area contributed by atoms with E-state index in [9.17, 15) is 0 Å². The van der Waals surface area contributed by atoms with Crippen molar-refractivity contribution in [1.29, 1.82) is 0 Å². The van der Waals surface area contributed by atoms with E-state index in [4.69, 9.17) is 4.74 Å². The number of benzene rings is 1. The maximum absolute atomic E-state index is 5.37. The number of aromatic nitrogens is 3. The fraction of sp³-hybridized carbons (Fsp3) is 0.250. The van der Waals surface area contributed by atoms with Crippen molar-refractivity contribution in [2.75, 3.05) is 7.11 Å². The molecule has 0 N–H and O–H groups in total. The predicted octanol–water partition coefficient (Wildman–Crippen LogP) is 2.83. The van der Waals surface area contributed by atoms with Crippen LogP contribution >= 0.6 is 0 Å². The van der Waals surface area contributed by atoms with Crippen LogP contribution in [0.1, 0.15) is 17.1 Å². The monoisotopic (exact) mass is 267 g/mol. The zero-order chi connectivity index (χ0) is 13.9. The van der Waals surface area contributed by atoms with E-state index in [0.29, 0.717) is 0 Å². The molecule has 0 saturated heterocycles. The number of ether oxygens (including phenoxy) is 1. The first-order valence-corrected chi connectivity index (χ1v) is 6.71. The van der Waals surface area contributed by atoms with Crippen molar-refractivity contribution in [3.05, 3.63) is 59.5 Å². The first-order valence-electron chi connectivity index (χ1n) is 6.71. The molecule has 20 heavy (non-hydrogen) atoms. The highest BCUT2D eigenvalue weighted by molar-refractivity contribution is 5.39. The molecule has 3 aromatic rings. The van der Waals surface area contributed by atoms with Gasteiger partial charge in [0.15, 0.2) is 11.5 Å². The van der Waals surface area contributed by atoms with Gasteiger partial charge in [-0.25, -0.2) is 9.50 Å². The third-order valence-corrected chi connectivity index (χ3v) is 3.40. The zero-order valence-electron chi connectivity index (χ0n) is 11.7. The van der Waals surface area contributed by atoms with Crippen LogP contribution in [0.3, 0.4) is 0 Å². The number of fused-ring (bicyclic) bond motifs is 1. The Labute approximate surface area is 118 Å². The van der Waals surface area contributed by atoms with E-state index in [0.717, 1.165) is 35.8 Å². The highest BCUT2D eigenvalue weighted by atomic mass is 16.5. The lowest BCUT2D eigenvalue weighted by atomic mass is 10.1. The Morgan fingerprint density at radius 2 is 1.90 bits per heavy atom. The average Bonchev–Trinajstić information content (AvgIpc) is 2.90. The van der Waals surface area contributed by atoms with Crippen molar-refractivity contribution in [3.63, 3.8) is 0 Å². The predicted molar refractivity (Wildman–Crippen MR) is 78.1 cm³/mol. The van der Waals surface area contributed by atoms with Gasteiger partial charge in [-0.05, 0) is 37.1 Å². The summed E-state index contributed by atoms with van der Waals surface area (Å²) in [6.45, 7) is 2.03. The molecule has 2 aromatic heterocycles. The Morgan fingerprint density at radius 3 is 2.70 bits per heavy atom. The van der Waals surface area contributed by atoms with Gasteiger partial charge in [-0.3, -0.25) is 0 Å². The number of methoxy groups -OCH3 is 1. The lowest BCUT2D eigenvalue weighted by molar-refractivity contribution is 0.409. The van der Waals surface area contributed by atoms with Gasteiger partial charge < -0.3 is 4.74 Å². The van der Waals surface area contributed by atoms with E-state index < -0.39 is 0 Å². The highest BCUT2D eigenvalue weighted by Crippen LogP contribution is 2.19.